The van der Waals surface area contributed by atoms with Gasteiger partial charge in [-0.3, -0.25) is 0 Å². The molecule has 0 heterocycles. The fourth-order valence-electron chi connectivity index (χ4n) is 0.792. The fraction of sp³-hybridized carbons (Fsp3) is 0.600. The summed E-state index contributed by atoms with van der Waals surface area (Å²) in [4.78, 5) is 10.4. The lowest BCUT2D eigenvalue weighted by Crippen LogP contribution is -2.18. The molecule has 4 heteroatoms. The average Bonchev–Trinajstić information content (AvgIpc) is 2.14. The van der Waals surface area contributed by atoms with E-state index in [0.717, 1.165) is 0 Å². The van der Waals surface area contributed by atoms with Gasteiger partial charge >= 0.3 is 0 Å². The standard InChI is InChI=1S/C10H13N3O/c1-9(2,7-12)8(6-11)5-10(3,4)13-14/h5H,1-4H3. The van der Waals surface area contributed by atoms with Crippen molar-refractivity contribution in [2.24, 2.45) is 10.6 Å². The van der Waals surface area contributed by atoms with Crippen LogP contribution in [-0.4, -0.2) is 5.54 Å². The topological polar surface area (TPSA) is 77.0 Å². The third-order valence-corrected chi connectivity index (χ3v) is 1.81. The number of rotatable bonds is 3. The van der Waals surface area contributed by atoms with Crippen LogP contribution in [0, 0.1) is 33.0 Å². The molecule has 0 aliphatic carbocycles. The number of nitriles is 2. The minimum absolute atomic E-state index is 0.268. The highest BCUT2D eigenvalue weighted by Gasteiger charge is 2.26. The smallest absolute Gasteiger partial charge is 0.116 e. The Bertz CT molecular complexity index is 339. The minimum atomic E-state index is -0.945. The van der Waals surface area contributed by atoms with Crippen molar-refractivity contribution in [3.8, 4) is 12.1 Å². The highest BCUT2D eigenvalue weighted by atomic mass is 16.3. The second-order valence-corrected chi connectivity index (χ2v) is 4.15. The molecule has 0 rings (SSSR count). The lowest BCUT2D eigenvalue weighted by Gasteiger charge is -2.17. The van der Waals surface area contributed by atoms with Gasteiger partial charge < -0.3 is 0 Å². The molecule has 0 atom stereocenters. The summed E-state index contributed by atoms with van der Waals surface area (Å²) in [5.41, 5.74) is -1.56. The van der Waals surface area contributed by atoms with Crippen LogP contribution in [0.4, 0.5) is 0 Å². The van der Waals surface area contributed by atoms with Crippen LogP contribution in [0.15, 0.2) is 16.8 Å². The quantitative estimate of drug-likeness (QED) is 0.508. The monoisotopic (exact) mass is 191 g/mol. The zero-order valence-corrected chi connectivity index (χ0v) is 8.83. The molecule has 0 N–H and O–H groups in total. The maximum Gasteiger partial charge on any atom is 0.116 e. The van der Waals surface area contributed by atoms with Crippen molar-refractivity contribution in [2.45, 2.75) is 33.2 Å². The summed E-state index contributed by atoms with van der Waals surface area (Å²) in [6.45, 7) is 6.43. The molecule has 0 saturated heterocycles. The van der Waals surface area contributed by atoms with Crippen LogP contribution in [0.3, 0.4) is 0 Å². The van der Waals surface area contributed by atoms with Crippen molar-refractivity contribution >= 4 is 0 Å². The molecular weight excluding hydrogens is 178 g/mol. The number of hydrogen-bond acceptors (Lipinski definition) is 4. The molecule has 74 valence electrons. The molecule has 0 aliphatic rings. The summed E-state index contributed by atoms with van der Waals surface area (Å²) >= 11 is 0. The normalized spacial score (nSPS) is 12.9. The van der Waals surface area contributed by atoms with E-state index in [1.807, 2.05) is 12.1 Å². The summed E-state index contributed by atoms with van der Waals surface area (Å²) in [6, 6.07) is 3.93. The molecule has 0 spiro atoms. The van der Waals surface area contributed by atoms with Crippen molar-refractivity contribution in [1.82, 2.24) is 0 Å². The van der Waals surface area contributed by atoms with Gasteiger partial charge in [-0.25, -0.2) is 0 Å². The number of nitroso groups, excluding NO2 is 1. The first-order valence-electron chi connectivity index (χ1n) is 4.18. The van der Waals surface area contributed by atoms with Crippen LogP contribution >= 0.6 is 0 Å². The van der Waals surface area contributed by atoms with Crippen molar-refractivity contribution < 1.29 is 0 Å². The van der Waals surface area contributed by atoms with E-state index in [0.29, 0.717) is 0 Å². The van der Waals surface area contributed by atoms with E-state index in [4.69, 9.17) is 10.5 Å². The van der Waals surface area contributed by atoms with Gasteiger partial charge in [-0.15, -0.1) is 4.91 Å². The molecule has 0 aromatic rings. The summed E-state index contributed by atoms with van der Waals surface area (Å²) in [7, 11) is 0. The molecule has 0 saturated carbocycles. The van der Waals surface area contributed by atoms with E-state index in [1.165, 1.54) is 6.08 Å². The van der Waals surface area contributed by atoms with E-state index in [9.17, 15) is 4.91 Å². The third kappa shape index (κ3) is 2.99. The van der Waals surface area contributed by atoms with E-state index in [-0.39, 0.29) is 5.57 Å². The Balaban J connectivity index is 5.26. The minimum Gasteiger partial charge on any atom is -0.197 e. The SMILES string of the molecule is CC(C)(C=C(C#N)C(C)(C)C#N)N=O. The molecule has 14 heavy (non-hydrogen) atoms. The highest BCUT2D eigenvalue weighted by molar-refractivity contribution is 5.35. The van der Waals surface area contributed by atoms with Crippen LogP contribution in [0.25, 0.3) is 0 Å². The van der Waals surface area contributed by atoms with Gasteiger partial charge in [0.25, 0.3) is 0 Å². The molecule has 0 amide bonds. The Hall–Kier alpha value is -1.68. The number of allylic oxidation sites excluding steroid dienone is 1. The summed E-state index contributed by atoms with van der Waals surface area (Å²) in [5.74, 6) is 0. The molecule has 0 bridgehead atoms. The molecule has 0 aromatic heterocycles. The van der Waals surface area contributed by atoms with Crippen molar-refractivity contribution in [3.05, 3.63) is 16.6 Å². The summed E-state index contributed by atoms with van der Waals surface area (Å²) in [6.07, 6.45) is 1.43. The summed E-state index contributed by atoms with van der Waals surface area (Å²) in [5, 5.41) is 20.5. The second kappa shape index (κ2) is 4.02. The Morgan fingerprint density at radius 1 is 1.29 bits per heavy atom. The molecule has 4 nitrogen and oxygen atoms in total. The zero-order chi connectivity index (χ0) is 11.4. The van der Waals surface area contributed by atoms with Gasteiger partial charge in [-0.05, 0) is 33.8 Å². The van der Waals surface area contributed by atoms with Gasteiger partial charge in [0, 0.05) is 5.57 Å². The fourth-order valence-corrected chi connectivity index (χ4v) is 0.792. The van der Waals surface area contributed by atoms with E-state index in [2.05, 4.69) is 5.18 Å². The van der Waals surface area contributed by atoms with E-state index >= 15 is 0 Å². The van der Waals surface area contributed by atoms with Gasteiger partial charge in [0.15, 0.2) is 0 Å². The van der Waals surface area contributed by atoms with E-state index in [1.54, 1.807) is 27.7 Å². The first-order valence-corrected chi connectivity index (χ1v) is 4.18. The van der Waals surface area contributed by atoms with Crippen LogP contribution < -0.4 is 0 Å². The van der Waals surface area contributed by atoms with Crippen molar-refractivity contribution in [3.63, 3.8) is 0 Å². The first kappa shape index (κ1) is 12.3. The van der Waals surface area contributed by atoms with Crippen LogP contribution in [0.2, 0.25) is 0 Å². The summed E-state index contributed by atoms with van der Waals surface area (Å²) < 4.78 is 0. The molecular formula is C10H13N3O. The van der Waals surface area contributed by atoms with Gasteiger partial charge in [0.1, 0.15) is 5.54 Å². The largest absolute Gasteiger partial charge is 0.197 e. The molecule has 0 radical (unpaired) electrons. The average molecular weight is 191 g/mol. The highest BCUT2D eigenvalue weighted by Crippen LogP contribution is 2.27. The Labute approximate surface area is 83.8 Å². The predicted molar refractivity (Wildman–Crippen MR) is 53.0 cm³/mol. The second-order valence-electron chi connectivity index (χ2n) is 4.15. The first-order chi connectivity index (χ1) is 6.29. The zero-order valence-electron chi connectivity index (χ0n) is 8.83. The van der Waals surface area contributed by atoms with Gasteiger partial charge in [-0.1, -0.05) is 5.18 Å². The third-order valence-electron chi connectivity index (χ3n) is 1.81. The Kier molecular flexibility index (Phi) is 3.54. The lowest BCUT2D eigenvalue weighted by molar-refractivity contribution is 0.582. The number of hydrogen-bond donors (Lipinski definition) is 0. The van der Waals surface area contributed by atoms with Crippen LogP contribution in [0.1, 0.15) is 27.7 Å². The maximum absolute atomic E-state index is 10.4. The Morgan fingerprint density at radius 3 is 2.07 bits per heavy atom. The van der Waals surface area contributed by atoms with Crippen molar-refractivity contribution in [1.29, 1.82) is 10.5 Å². The number of nitrogens with zero attached hydrogens (tertiary/aromatic N) is 3. The van der Waals surface area contributed by atoms with Gasteiger partial charge in [0.2, 0.25) is 0 Å². The van der Waals surface area contributed by atoms with E-state index < -0.39 is 11.0 Å². The lowest BCUT2D eigenvalue weighted by atomic mass is 9.84. The van der Waals surface area contributed by atoms with Gasteiger partial charge in [-0.2, -0.15) is 10.5 Å². The molecule has 0 fully saturated rings. The van der Waals surface area contributed by atoms with Crippen LogP contribution in [0.5, 0.6) is 0 Å². The maximum atomic E-state index is 10.4. The van der Waals surface area contributed by atoms with Gasteiger partial charge in [0.05, 0.1) is 17.6 Å². The van der Waals surface area contributed by atoms with Crippen LogP contribution in [-0.2, 0) is 0 Å². The molecule has 0 aliphatic heterocycles. The predicted octanol–water partition coefficient (Wildman–Crippen LogP) is 2.53. The molecule has 0 unspecified atom stereocenters. The van der Waals surface area contributed by atoms with Crippen molar-refractivity contribution in [2.75, 3.05) is 0 Å². The Morgan fingerprint density at radius 2 is 1.79 bits per heavy atom. The molecule has 0 aromatic carbocycles.